The third kappa shape index (κ3) is 2.05. The number of pyridine rings is 1. The van der Waals surface area contributed by atoms with Crippen LogP contribution in [0, 0.1) is 11.8 Å². The van der Waals surface area contributed by atoms with E-state index in [2.05, 4.69) is 35.3 Å². The molecule has 102 valence electrons. The topological polar surface area (TPSA) is 12.9 Å². The van der Waals surface area contributed by atoms with Crippen LogP contribution in [-0.4, -0.2) is 10.4 Å². The van der Waals surface area contributed by atoms with Crippen molar-refractivity contribution in [1.82, 2.24) is 4.98 Å². The average Bonchev–Trinajstić information content (AvgIpc) is 3.23. The Kier molecular flexibility index (Phi) is 3.03. The summed E-state index contributed by atoms with van der Waals surface area (Å²) in [7, 11) is 0. The lowest BCUT2D eigenvalue weighted by molar-refractivity contribution is 0.607. The van der Waals surface area contributed by atoms with E-state index in [0.29, 0.717) is 11.8 Å². The zero-order valence-electron chi connectivity index (χ0n) is 11.4. The Morgan fingerprint density at radius 2 is 2.00 bits per heavy atom. The summed E-state index contributed by atoms with van der Waals surface area (Å²) in [6.45, 7) is 0. The molecule has 0 aliphatic heterocycles. The SMILES string of the molecule is ClC(Cc1ccccn1)C1C2CCc3ccccc3C21. The predicted octanol–water partition coefficient (Wildman–Crippen LogP) is 4.21. The highest BCUT2D eigenvalue weighted by Gasteiger charge is 2.55. The molecule has 0 spiro atoms. The van der Waals surface area contributed by atoms with Crippen LogP contribution in [0.15, 0.2) is 48.7 Å². The van der Waals surface area contributed by atoms with E-state index < -0.39 is 0 Å². The van der Waals surface area contributed by atoms with Crippen molar-refractivity contribution >= 4 is 11.6 Å². The maximum Gasteiger partial charge on any atom is 0.0428 e. The van der Waals surface area contributed by atoms with E-state index in [0.717, 1.165) is 18.0 Å². The van der Waals surface area contributed by atoms with Gasteiger partial charge in [0.1, 0.15) is 0 Å². The van der Waals surface area contributed by atoms with Gasteiger partial charge < -0.3 is 0 Å². The molecule has 1 fully saturated rings. The molecular weight excluding hydrogens is 266 g/mol. The van der Waals surface area contributed by atoms with Gasteiger partial charge in [-0.05, 0) is 53.9 Å². The molecule has 1 heterocycles. The smallest absolute Gasteiger partial charge is 0.0428 e. The third-order valence-corrected chi connectivity index (χ3v) is 5.38. The summed E-state index contributed by atoms with van der Waals surface area (Å²) in [6, 6.07) is 15.0. The Bertz CT molecular complexity index is 610. The van der Waals surface area contributed by atoms with Crippen molar-refractivity contribution in [2.24, 2.45) is 11.8 Å². The summed E-state index contributed by atoms with van der Waals surface area (Å²) >= 11 is 6.71. The van der Waals surface area contributed by atoms with Gasteiger partial charge in [0.25, 0.3) is 0 Å². The lowest BCUT2D eigenvalue weighted by Gasteiger charge is -2.13. The van der Waals surface area contributed by atoms with E-state index in [1.165, 1.54) is 18.4 Å². The number of aryl methyl sites for hydroxylation is 1. The molecule has 4 atom stereocenters. The van der Waals surface area contributed by atoms with E-state index in [4.69, 9.17) is 11.6 Å². The summed E-state index contributed by atoms with van der Waals surface area (Å²) in [5.41, 5.74) is 4.21. The molecule has 2 aliphatic rings. The van der Waals surface area contributed by atoms with E-state index in [1.807, 2.05) is 18.3 Å². The minimum Gasteiger partial charge on any atom is -0.261 e. The minimum atomic E-state index is 0.214. The number of nitrogens with zero attached hydrogens (tertiary/aromatic N) is 1. The molecule has 1 aromatic carbocycles. The van der Waals surface area contributed by atoms with Gasteiger partial charge in [-0.2, -0.15) is 0 Å². The Balaban J connectivity index is 1.52. The zero-order valence-corrected chi connectivity index (χ0v) is 12.1. The molecule has 4 rings (SSSR count). The quantitative estimate of drug-likeness (QED) is 0.769. The zero-order chi connectivity index (χ0) is 13.5. The standard InChI is InChI=1S/C18H18ClN/c19-16(11-13-6-3-4-10-20-13)18-15-9-8-12-5-1-2-7-14(12)17(15)18/h1-7,10,15-18H,8-9,11H2. The molecule has 20 heavy (non-hydrogen) atoms. The Morgan fingerprint density at radius 3 is 2.85 bits per heavy atom. The summed E-state index contributed by atoms with van der Waals surface area (Å²) in [4.78, 5) is 4.41. The van der Waals surface area contributed by atoms with Gasteiger partial charge in [0.2, 0.25) is 0 Å². The molecule has 1 aromatic heterocycles. The number of hydrogen-bond acceptors (Lipinski definition) is 1. The number of alkyl halides is 1. The van der Waals surface area contributed by atoms with Crippen LogP contribution in [0.3, 0.4) is 0 Å². The molecule has 1 nitrogen and oxygen atoms in total. The van der Waals surface area contributed by atoms with Gasteiger partial charge in [0, 0.05) is 23.7 Å². The Hall–Kier alpha value is -1.34. The first-order chi connectivity index (χ1) is 9.84. The lowest BCUT2D eigenvalue weighted by Crippen LogP contribution is -2.09. The van der Waals surface area contributed by atoms with E-state index in [-0.39, 0.29) is 5.38 Å². The van der Waals surface area contributed by atoms with Gasteiger partial charge in [-0.15, -0.1) is 11.6 Å². The number of benzene rings is 1. The second-order valence-electron chi connectivity index (χ2n) is 6.05. The maximum absolute atomic E-state index is 6.71. The maximum atomic E-state index is 6.71. The summed E-state index contributed by atoms with van der Waals surface area (Å²) in [6.07, 6.45) is 5.27. The number of rotatable bonds is 3. The average molecular weight is 284 g/mol. The highest BCUT2D eigenvalue weighted by Crippen LogP contribution is 2.62. The highest BCUT2D eigenvalue weighted by atomic mass is 35.5. The molecule has 0 bridgehead atoms. The van der Waals surface area contributed by atoms with Crippen molar-refractivity contribution in [3.63, 3.8) is 0 Å². The van der Waals surface area contributed by atoms with Gasteiger partial charge in [-0.3, -0.25) is 4.98 Å². The molecule has 2 aliphatic carbocycles. The second-order valence-corrected chi connectivity index (χ2v) is 6.61. The molecular formula is C18H18ClN. The van der Waals surface area contributed by atoms with Crippen LogP contribution in [0.5, 0.6) is 0 Å². The fourth-order valence-corrected chi connectivity index (χ4v) is 4.47. The van der Waals surface area contributed by atoms with Crippen molar-refractivity contribution in [2.75, 3.05) is 0 Å². The van der Waals surface area contributed by atoms with Gasteiger partial charge in [-0.25, -0.2) is 0 Å². The molecule has 2 heteroatoms. The van der Waals surface area contributed by atoms with Crippen LogP contribution in [-0.2, 0) is 12.8 Å². The van der Waals surface area contributed by atoms with E-state index in [1.54, 1.807) is 5.56 Å². The fraction of sp³-hybridized carbons (Fsp3) is 0.389. The van der Waals surface area contributed by atoms with Crippen molar-refractivity contribution in [1.29, 1.82) is 0 Å². The molecule has 2 aromatic rings. The summed E-state index contributed by atoms with van der Waals surface area (Å²) in [5.74, 6) is 2.14. The first kappa shape index (κ1) is 12.4. The van der Waals surface area contributed by atoms with Crippen LogP contribution >= 0.6 is 11.6 Å². The third-order valence-electron chi connectivity index (χ3n) is 4.94. The second kappa shape index (κ2) is 4.89. The number of fused-ring (bicyclic) bond motifs is 3. The van der Waals surface area contributed by atoms with Gasteiger partial charge in [0.15, 0.2) is 0 Å². The van der Waals surface area contributed by atoms with Crippen LogP contribution in [0.2, 0.25) is 0 Å². The van der Waals surface area contributed by atoms with Crippen molar-refractivity contribution in [3.8, 4) is 0 Å². The van der Waals surface area contributed by atoms with E-state index in [9.17, 15) is 0 Å². The number of aromatic nitrogens is 1. The van der Waals surface area contributed by atoms with E-state index >= 15 is 0 Å². The fourth-order valence-electron chi connectivity index (χ4n) is 3.97. The van der Waals surface area contributed by atoms with Crippen LogP contribution in [0.25, 0.3) is 0 Å². The molecule has 4 unspecified atom stereocenters. The van der Waals surface area contributed by atoms with Gasteiger partial charge >= 0.3 is 0 Å². The number of hydrogen-bond donors (Lipinski definition) is 0. The normalized spacial score (nSPS) is 28.4. The molecule has 0 radical (unpaired) electrons. The van der Waals surface area contributed by atoms with Gasteiger partial charge in [-0.1, -0.05) is 30.3 Å². The molecule has 1 saturated carbocycles. The highest BCUT2D eigenvalue weighted by molar-refractivity contribution is 6.21. The number of halogens is 1. The van der Waals surface area contributed by atoms with Crippen molar-refractivity contribution in [3.05, 3.63) is 65.5 Å². The predicted molar refractivity (Wildman–Crippen MR) is 82.1 cm³/mol. The monoisotopic (exact) mass is 283 g/mol. The summed E-state index contributed by atoms with van der Waals surface area (Å²) < 4.78 is 0. The Morgan fingerprint density at radius 1 is 1.15 bits per heavy atom. The molecule has 0 N–H and O–H groups in total. The first-order valence-electron chi connectivity index (χ1n) is 7.46. The van der Waals surface area contributed by atoms with Crippen molar-refractivity contribution in [2.45, 2.75) is 30.6 Å². The summed E-state index contributed by atoms with van der Waals surface area (Å²) in [5, 5.41) is 0.214. The molecule has 0 amide bonds. The Labute approximate surface area is 125 Å². The largest absolute Gasteiger partial charge is 0.261 e. The minimum absolute atomic E-state index is 0.214. The van der Waals surface area contributed by atoms with Crippen LogP contribution < -0.4 is 0 Å². The molecule has 0 saturated heterocycles. The lowest BCUT2D eigenvalue weighted by atomic mass is 9.92. The van der Waals surface area contributed by atoms with Crippen LogP contribution in [0.1, 0.15) is 29.2 Å². The van der Waals surface area contributed by atoms with Crippen molar-refractivity contribution < 1.29 is 0 Å². The first-order valence-corrected chi connectivity index (χ1v) is 7.90. The van der Waals surface area contributed by atoms with Crippen LogP contribution in [0.4, 0.5) is 0 Å². The van der Waals surface area contributed by atoms with Gasteiger partial charge in [0.05, 0.1) is 0 Å².